The van der Waals surface area contributed by atoms with Gasteiger partial charge >= 0.3 is 0 Å². The predicted octanol–water partition coefficient (Wildman–Crippen LogP) is 2.98. The molecule has 0 aliphatic rings. The van der Waals surface area contributed by atoms with Crippen molar-refractivity contribution in [2.45, 2.75) is 13.0 Å². The Balaban J connectivity index is 1.87. The van der Waals surface area contributed by atoms with Gasteiger partial charge in [0.2, 0.25) is 0 Å². The number of hydrogen-bond acceptors (Lipinski definition) is 2. The zero-order valence-corrected chi connectivity index (χ0v) is 14.4. The summed E-state index contributed by atoms with van der Waals surface area (Å²) >= 11 is 0. The molecule has 0 saturated heterocycles. The van der Waals surface area contributed by atoms with Crippen LogP contribution in [0.2, 0.25) is 0 Å². The van der Waals surface area contributed by atoms with Crippen LogP contribution < -0.4 is 0 Å². The zero-order valence-electron chi connectivity index (χ0n) is 12.4. The molecule has 0 aliphatic carbocycles. The van der Waals surface area contributed by atoms with Gasteiger partial charge in [-0.3, -0.25) is 0 Å². The summed E-state index contributed by atoms with van der Waals surface area (Å²) in [6.45, 7) is 2.08. The minimum atomic E-state index is 0.773. The Hall–Kier alpha value is -2.26. The molecule has 0 saturated carbocycles. The van der Waals surface area contributed by atoms with Crippen LogP contribution in [0.25, 0.3) is 22.5 Å². The third-order valence-electron chi connectivity index (χ3n) is 3.66. The highest BCUT2D eigenvalue weighted by Gasteiger charge is 2.03. The number of rotatable bonds is 3. The number of nitrogens with zero attached hydrogens (tertiary/aromatic N) is 2. The molecular weight excluding hydrogens is 272 g/mol. The molecule has 104 valence electrons. The van der Waals surface area contributed by atoms with Crippen molar-refractivity contribution >= 4 is 10.2 Å². The van der Waals surface area contributed by atoms with E-state index in [0.29, 0.717) is 0 Å². The molecule has 2 aromatic carbocycles. The van der Waals surface area contributed by atoms with E-state index in [9.17, 15) is 0 Å². The smallest absolute Gasteiger partial charge is 0.159 e. The van der Waals surface area contributed by atoms with Crippen LogP contribution in [-0.2, 0) is 6.04 Å². The summed E-state index contributed by atoms with van der Waals surface area (Å²) in [6.07, 6.45) is 3.80. The molecule has 0 bridgehead atoms. The Kier molecular flexibility index (Phi) is 3.93. The fraction of sp³-hybridized carbons (Fsp3) is 0.111. The second kappa shape index (κ2) is 6.02. The monoisotopic (exact) mass is 290 g/mol. The van der Waals surface area contributed by atoms with Crippen LogP contribution in [0.4, 0.5) is 0 Å². The minimum absolute atomic E-state index is 0.773. The molecule has 0 aliphatic heterocycles. The van der Waals surface area contributed by atoms with Crippen LogP contribution in [0.3, 0.4) is 0 Å². The van der Waals surface area contributed by atoms with Crippen molar-refractivity contribution in [1.29, 1.82) is 0 Å². The minimum Gasteiger partial charge on any atom is -0.236 e. The van der Waals surface area contributed by atoms with Crippen molar-refractivity contribution in [2.24, 2.45) is 0 Å². The Morgan fingerprint density at radius 3 is 1.90 bits per heavy atom. The first-order valence-electron chi connectivity index (χ1n) is 7.24. The molecule has 0 atom stereocenters. The molecule has 21 heavy (non-hydrogen) atoms. The molecule has 0 fully saturated rings. The average molecular weight is 290 g/mol. The van der Waals surface area contributed by atoms with E-state index < -0.39 is 0 Å². The van der Waals surface area contributed by atoms with Crippen LogP contribution >= 0.6 is 0 Å². The van der Waals surface area contributed by atoms with Crippen molar-refractivity contribution in [1.82, 2.24) is 9.97 Å². The predicted molar refractivity (Wildman–Crippen MR) is 91.3 cm³/mol. The lowest BCUT2D eigenvalue weighted by Gasteiger charge is -2.04. The van der Waals surface area contributed by atoms with Gasteiger partial charge in [-0.1, -0.05) is 59.7 Å². The van der Waals surface area contributed by atoms with Gasteiger partial charge in [0, 0.05) is 33.8 Å². The molecule has 3 aromatic rings. The SMILES string of the molecule is Cc1ccc(-c2ncc(-c3ccc(C[SiH3])cc3)cn2)cc1. The highest BCUT2D eigenvalue weighted by molar-refractivity contribution is 6.08. The quantitative estimate of drug-likeness (QED) is 0.693. The first kappa shape index (κ1) is 13.7. The number of benzene rings is 2. The normalized spacial score (nSPS) is 10.7. The summed E-state index contributed by atoms with van der Waals surface area (Å²) in [4.78, 5) is 8.99. The van der Waals surface area contributed by atoms with E-state index in [1.165, 1.54) is 33.0 Å². The molecule has 2 nitrogen and oxygen atoms in total. The standard InChI is InChI=1S/C18H18N2Si/c1-13-2-6-16(7-3-13)18-19-10-17(11-20-18)15-8-4-14(12-21)5-9-15/h2-11H,12H2,1,21H3. The van der Waals surface area contributed by atoms with Gasteiger partial charge in [0.25, 0.3) is 0 Å². The van der Waals surface area contributed by atoms with Crippen molar-refractivity contribution in [3.63, 3.8) is 0 Å². The third-order valence-corrected chi connectivity index (χ3v) is 4.47. The number of aryl methyl sites for hydroxylation is 1. The van der Waals surface area contributed by atoms with Crippen LogP contribution in [-0.4, -0.2) is 20.2 Å². The Labute approximate surface area is 128 Å². The van der Waals surface area contributed by atoms with E-state index >= 15 is 0 Å². The fourth-order valence-corrected chi connectivity index (χ4v) is 2.73. The molecule has 0 N–H and O–H groups in total. The van der Waals surface area contributed by atoms with Crippen molar-refractivity contribution in [3.05, 3.63) is 72.1 Å². The van der Waals surface area contributed by atoms with Crippen molar-refractivity contribution < 1.29 is 0 Å². The molecule has 0 spiro atoms. The second-order valence-corrected chi connectivity index (χ2v) is 5.92. The molecule has 1 aromatic heterocycles. The first-order valence-corrected chi connectivity index (χ1v) is 8.66. The lowest BCUT2D eigenvalue weighted by Crippen LogP contribution is -1.90. The van der Waals surface area contributed by atoms with Crippen molar-refractivity contribution in [2.75, 3.05) is 0 Å². The summed E-state index contributed by atoms with van der Waals surface area (Å²) in [6, 6.07) is 18.2. The molecule has 0 amide bonds. The first-order chi connectivity index (χ1) is 10.3. The van der Waals surface area contributed by atoms with Crippen LogP contribution in [0, 0.1) is 6.92 Å². The fourth-order valence-electron chi connectivity index (χ4n) is 2.26. The summed E-state index contributed by atoms with van der Waals surface area (Å²) in [5, 5.41) is 0. The van der Waals surface area contributed by atoms with E-state index in [-0.39, 0.29) is 0 Å². The number of aromatic nitrogens is 2. The average Bonchev–Trinajstić information content (AvgIpc) is 2.56. The maximum Gasteiger partial charge on any atom is 0.159 e. The van der Waals surface area contributed by atoms with Gasteiger partial charge in [-0.15, -0.1) is 0 Å². The topological polar surface area (TPSA) is 25.8 Å². The van der Waals surface area contributed by atoms with Crippen LogP contribution in [0.15, 0.2) is 60.9 Å². The molecule has 0 unspecified atom stereocenters. The van der Waals surface area contributed by atoms with Crippen LogP contribution in [0.1, 0.15) is 11.1 Å². The summed E-state index contributed by atoms with van der Waals surface area (Å²) in [5.41, 5.74) is 5.94. The zero-order chi connectivity index (χ0) is 14.7. The molecule has 1 heterocycles. The molecule has 3 heteroatoms. The van der Waals surface area contributed by atoms with Gasteiger partial charge in [-0.05, 0) is 18.5 Å². The van der Waals surface area contributed by atoms with E-state index in [1.54, 1.807) is 0 Å². The van der Waals surface area contributed by atoms with Crippen molar-refractivity contribution in [3.8, 4) is 22.5 Å². The van der Waals surface area contributed by atoms with E-state index in [2.05, 4.69) is 65.4 Å². The Morgan fingerprint density at radius 1 is 0.762 bits per heavy atom. The highest BCUT2D eigenvalue weighted by atomic mass is 28.1. The van der Waals surface area contributed by atoms with E-state index in [4.69, 9.17) is 0 Å². The van der Waals surface area contributed by atoms with Gasteiger partial charge in [0.05, 0.1) is 0 Å². The summed E-state index contributed by atoms with van der Waals surface area (Å²) < 4.78 is 0. The second-order valence-electron chi connectivity index (χ2n) is 5.21. The summed E-state index contributed by atoms with van der Waals surface area (Å²) in [7, 11) is 1.20. The third kappa shape index (κ3) is 3.08. The van der Waals surface area contributed by atoms with Crippen LogP contribution in [0.5, 0.6) is 0 Å². The maximum absolute atomic E-state index is 4.49. The Morgan fingerprint density at radius 2 is 1.33 bits per heavy atom. The maximum atomic E-state index is 4.49. The van der Waals surface area contributed by atoms with Gasteiger partial charge in [0.1, 0.15) is 0 Å². The molecular formula is C18H18N2Si. The van der Waals surface area contributed by atoms with E-state index in [1.807, 2.05) is 12.4 Å². The van der Waals surface area contributed by atoms with E-state index in [0.717, 1.165) is 17.0 Å². The summed E-state index contributed by atoms with van der Waals surface area (Å²) in [5.74, 6) is 0.773. The van der Waals surface area contributed by atoms with Gasteiger partial charge in [-0.2, -0.15) is 0 Å². The highest BCUT2D eigenvalue weighted by Crippen LogP contribution is 2.21. The lowest BCUT2D eigenvalue weighted by atomic mass is 10.1. The van der Waals surface area contributed by atoms with Gasteiger partial charge in [0.15, 0.2) is 5.82 Å². The van der Waals surface area contributed by atoms with Gasteiger partial charge < -0.3 is 0 Å². The number of hydrogen-bond donors (Lipinski definition) is 0. The largest absolute Gasteiger partial charge is 0.236 e. The van der Waals surface area contributed by atoms with Gasteiger partial charge in [-0.25, -0.2) is 9.97 Å². The molecule has 3 rings (SSSR count). The Bertz CT molecular complexity index is 717. The lowest BCUT2D eigenvalue weighted by molar-refractivity contribution is 1.18. The molecule has 0 radical (unpaired) electrons.